The number of benzene rings is 1. The summed E-state index contributed by atoms with van der Waals surface area (Å²) in [5, 5.41) is 3.12. The van der Waals surface area contributed by atoms with E-state index in [9.17, 15) is 14.4 Å². The van der Waals surface area contributed by atoms with Gasteiger partial charge in [-0.2, -0.15) is 0 Å². The fourth-order valence-electron chi connectivity index (χ4n) is 3.81. The molecule has 8 heteroatoms. The maximum atomic E-state index is 12.2. The van der Waals surface area contributed by atoms with E-state index in [-0.39, 0.29) is 11.9 Å². The van der Waals surface area contributed by atoms with Gasteiger partial charge in [0.25, 0.3) is 10.9 Å². The van der Waals surface area contributed by atoms with Crippen molar-refractivity contribution in [1.29, 1.82) is 0 Å². The van der Waals surface area contributed by atoms with Gasteiger partial charge >= 0.3 is 5.97 Å². The summed E-state index contributed by atoms with van der Waals surface area (Å²) in [6.07, 6.45) is 1.88. The highest BCUT2D eigenvalue weighted by Crippen LogP contribution is 2.29. The molecule has 0 spiro atoms. The molecule has 1 aliphatic heterocycles. The van der Waals surface area contributed by atoms with Gasteiger partial charge in [-0.3, -0.25) is 14.4 Å². The average Bonchev–Trinajstić information content (AvgIpc) is 2.78. The van der Waals surface area contributed by atoms with E-state index in [0.29, 0.717) is 68.4 Å². The molecular weight excluding hydrogens is 388 g/mol. The number of piperidine rings is 1. The van der Waals surface area contributed by atoms with Crippen molar-refractivity contribution in [3.63, 3.8) is 0 Å². The number of nitrogens with zero attached hydrogens (tertiary/aromatic N) is 1. The highest BCUT2D eigenvalue weighted by molar-refractivity contribution is 5.76. The third kappa shape index (κ3) is 4.42. The van der Waals surface area contributed by atoms with Crippen molar-refractivity contribution in [3.8, 4) is 11.5 Å². The molecule has 30 heavy (non-hydrogen) atoms. The molecule has 3 rings (SSSR count). The molecule has 1 aliphatic rings. The Hall–Kier alpha value is -3.03. The van der Waals surface area contributed by atoms with Crippen LogP contribution in [-0.4, -0.2) is 46.4 Å². The van der Waals surface area contributed by atoms with Gasteiger partial charge in [0.1, 0.15) is 11.4 Å². The zero-order chi connectivity index (χ0) is 21.7. The maximum Gasteiger partial charge on any atom is 0.309 e. The van der Waals surface area contributed by atoms with Gasteiger partial charge in [-0.25, -0.2) is 0 Å². The molecule has 8 nitrogen and oxygen atoms in total. The molecule has 0 saturated carbocycles. The van der Waals surface area contributed by atoms with Gasteiger partial charge in [0.15, 0.2) is 11.5 Å². The van der Waals surface area contributed by atoms with Crippen molar-refractivity contribution in [3.05, 3.63) is 44.2 Å². The SMILES string of the molecule is CCOC(=O)C1CCN(c2c(NCCc3ccc(OC)c(OC)c3)c(=O)c2=O)CC1. The van der Waals surface area contributed by atoms with Crippen molar-refractivity contribution in [1.82, 2.24) is 0 Å². The van der Waals surface area contributed by atoms with Crippen LogP contribution in [0.2, 0.25) is 0 Å². The number of anilines is 2. The Bertz CT molecular complexity index is 955. The Morgan fingerprint density at radius 3 is 2.43 bits per heavy atom. The molecule has 2 aromatic rings. The van der Waals surface area contributed by atoms with Crippen molar-refractivity contribution in [2.24, 2.45) is 5.92 Å². The molecule has 0 bridgehead atoms. The first-order valence-corrected chi connectivity index (χ1v) is 10.2. The van der Waals surface area contributed by atoms with E-state index in [1.807, 2.05) is 23.1 Å². The standard InChI is InChI=1S/C22H28N2O6/c1-4-30-22(27)15-8-11-24(12-9-15)19-18(20(25)21(19)26)23-10-7-14-5-6-16(28-2)17(13-14)29-3/h5-6,13,15,23H,4,7-12H2,1-3H3. The molecule has 162 valence electrons. The first kappa shape index (κ1) is 21.7. The summed E-state index contributed by atoms with van der Waals surface area (Å²) >= 11 is 0. The number of ether oxygens (including phenoxy) is 3. The molecule has 1 heterocycles. The van der Waals surface area contributed by atoms with E-state index < -0.39 is 10.9 Å². The summed E-state index contributed by atoms with van der Waals surface area (Å²) < 4.78 is 15.6. The number of carbonyl (C=O) groups excluding carboxylic acids is 1. The van der Waals surface area contributed by atoms with E-state index >= 15 is 0 Å². The zero-order valence-electron chi connectivity index (χ0n) is 17.7. The minimum absolute atomic E-state index is 0.144. The summed E-state index contributed by atoms with van der Waals surface area (Å²) in [7, 11) is 3.17. The van der Waals surface area contributed by atoms with E-state index in [0.717, 1.165) is 5.56 Å². The maximum absolute atomic E-state index is 12.2. The van der Waals surface area contributed by atoms with E-state index in [2.05, 4.69) is 5.32 Å². The molecule has 0 aliphatic carbocycles. The van der Waals surface area contributed by atoms with Crippen LogP contribution in [0.15, 0.2) is 27.8 Å². The topological polar surface area (TPSA) is 94.2 Å². The number of nitrogens with one attached hydrogen (secondary N) is 1. The van der Waals surface area contributed by atoms with Crippen LogP contribution < -0.4 is 30.5 Å². The van der Waals surface area contributed by atoms with E-state index in [1.54, 1.807) is 21.1 Å². The molecule has 1 saturated heterocycles. The van der Waals surface area contributed by atoms with Crippen molar-refractivity contribution in [2.75, 3.05) is 50.7 Å². The summed E-state index contributed by atoms with van der Waals surface area (Å²) in [5.74, 6) is 0.976. The molecule has 1 N–H and O–H groups in total. The van der Waals surface area contributed by atoms with Crippen LogP contribution in [0.25, 0.3) is 0 Å². The van der Waals surface area contributed by atoms with Gasteiger partial charge in [-0.15, -0.1) is 0 Å². The van der Waals surface area contributed by atoms with E-state index in [1.165, 1.54) is 0 Å². The minimum atomic E-state index is -0.482. The summed E-state index contributed by atoms with van der Waals surface area (Å²) in [5.41, 5.74) is 0.892. The predicted molar refractivity (Wildman–Crippen MR) is 115 cm³/mol. The number of hydrogen-bond donors (Lipinski definition) is 1. The first-order chi connectivity index (χ1) is 14.5. The predicted octanol–water partition coefficient (Wildman–Crippen LogP) is 1.73. The molecule has 0 unspecified atom stereocenters. The third-order valence-corrected chi connectivity index (χ3v) is 5.48. The molecule has 0 atom stereocenters. The Kier molecular flexibility index (Phi) is 6.97. The van der Waals surface area contributed by atoms with Gasteiger partial charge in [0.05, 0.1) is 26.7 Å². The molecule has 0 radical (unpaired) electrons. The Labute approximate surface area is 175 Å². The molecule has 0 amide bonds. The van der Waals surface area contributed by atoms with Gasteiger partial charge in [0.2, 0.25) is 0 Å². The fourth-order valence-corrected chi connectivity index (χ4v) is 3.81. The quantitative estimate of drug-likeness (QED) is 0.488. The van der Waals surface area contributed by atoms with Crippen LogP contribution in [0.5, 0.6) is 11.5 Å². The van der Waals surface area contributed by atoms with Crippen molar-refractivity contribution >= 4 is 17.3 Å². The number of rotatable bonds is 9. The average molecular weight is 416 g/mol. The number of esters is 1. The normalized spacial score (nSPS) is 14.6. The lowest BCUT2D eigenvalue weighted by Gasteiger charge is -2.34. The lowest BCUT2D eigenvalue weighted by molar-refractivity contribution is -0.148. The second-order valence-corrected chi connectivity index (χ2v) is 7.26. The third-order valence-electron chi connectivity index (χ3n) is 5.48. The van der Waals surface area contributed by atoms with Gasteiger partial charge in [-0.05, 0) is 43.9 Å². The lowest BCUT2D eigenvalue weighted by atomic mass is 9.96. The van der Waals surface area contributed by atoms with Gasteiger partial charge < -0.3 is 24.4 Å². The second-order valence-electron chi connectivity index (χ2n) is 7.26. The molecular formula is C22H28N2O6. The van der Waals surface area contributed by atoms with Gasteiger partial charge in [-0.1, -0.05) is 6.07 Å². The lowest BCUT2D eigenvalue weighted by Crippen LogP contribution is -2.46. The summed E-state index contributed by atoms with van der Waals surface area (Å²) in [6, 6.07) is 5.67. The molecule has 0 aromatic heterocycles. The summed E-state index contributed by atoms with van der Waals surface area (Å²) in [6.45, 7) is 3.77. The summed E-state index contributed by atoms with van der Waals surface area (Å²) in [4.78, 5) is 38.1. The zero-order valence-corrected chi connectivity index (χ0v) is 17.7. The molecule has 1 fully saturated rings. The largest absolute Gasteiger partial charge is 0.493 e. The highest BCUT2D eigenvalue weighted by Gasteiger charge is 2.31. The fraction of sp³-hybridized carbons (Fsp3) is 0.500. The number of methoxy groups -OCH3 is 2. The van der Waals surface area contributed by atoms with Crippen LogP contribution in [0.1, 0.15) is 25.3 Å². The Morgan fingerprint density at radius 1 is 1.10 bits per heavy atom. The number of hydrogen-bond acceptors (Lipinski definition) is 8. The Balaban J connectivity index is 1.59. The number of carbonyl (C=O) groups is 1. The Morgan fingerprint density at radius 2 is 1.80 bits per heavy atom. The van der Waals surface area contributed by atoms with Crippen LogP contribution in [0.3, 0.4) is 0 Å². The van der Waals surface area contributed by atoms with Crippen molar-refractivity contribution in [2.45, 2.75) is 26.2 Å². The molecule has 2 aromatic carbocycles. The van der Waals surface area contributed by atoms with Crippen molar-refractivity contribution < 1.29 is 19.0 Å². The first-order valence-electron chi connectivity index (χ1n) is 10.2. The monoisotopic (exact) mass is 416 g/mol. The van der Waals surface area contributed by atoms with Crippen LogP contribution in [0, 0.1) is 5.92 Å². The van der Waals surface area contributed by atoms with Gasteiger partial charge in [0, 0.05) is 19.6 Å². The second kappa shape index (κ2) is 9.65. The minimum Gasteiger partial charge on any atom is -0.493 e. The van der Waals surface area contributed by atoms with Crippen LogP contribution in [-0.2, 0) is 16.0 Å². The van der Waals surface area contributed by atoms with Crippen LogP contribution in [0.4, 0.5) is 11.4 Å². The smallest absolute Gasteiger partial charge is 0.309 e. The highest BCUT2D eigenvalue weighted by atomic mass is 16.5. The van der Waals surface area contributed by atoms with E-state index in [4.69, 9.17) is 14.2 Å². The van der Waals surface area contributed by atoms with Crippen LogP contribution >= 0.6 is 0 Å².